The van der Waals surface area contributed by atoms with E-state index in [0.717, 1.165) is 32.1 Å². The molecule has 1 aliphatic heterocycles. The second-order valence-electron chi connectivity index (χ2n) is 4.26. The molecule has 2 unspecified atom stereocenters. The van der Waals surface area contributed by atoms with Crippen LogP contribution in [0.5, 0.6) is 0 Å². The molecular formula is C10H17NO4S. The number of ether oxygens (including phenoxy) is 2. The van der Waals surface area contributed by atoms with Crippen molar-refractivity contribution in [3.05, 3.63) is 0 Å². The van der Waals surface area contributed by atoms with E-state index >= 15 is 0 Å². The van der Waals surface area contributed by atoms with Crippen molar-refractivity contribution < 1.29 is 17.9 Å². The first-order chi connectivity index (χ1) is 7.63. The van der Waals surface area contributed by atoms with E-state index in [1.54, 1.807) is 0 Å². The molecule has 5 nitrogen and oxygen atoms in total. The topological polar surface area (TPSA) is 65.0 Å². The molecule has 0 radical (unpaired) electrons. The van der Waals surface area contributed by atoms with Gasteiger partial charge in [0.1, 0.15) is 11.4 Å². The molecule has 6 heteroatoms. The molecule has 0 N–H and O–H groups in total. The van der Waals surface area contributed by atoms with Crippen LogP contribution in [0.1, 0.15) is 38.5 Å². The van der Waals surface area contributed by atoms with Gasteiger partial charge in [0.05, 0.1) is 7.11 Å². The monoisotopic (exact) mass is 247 g/mol. The van der Waals surface area contributed by atoms with Crippen LogP contribution < -0.4 is 0 Å². The van der Waals surface area contributed by atoms with Gasteiger partial charge in [0.25, 0.3) is 10.0 Å². The van der Waals surface area contributed by atoms with E-state index in [9.17, 15) is 8.42 Å². The summed E-state index contributed by atoms with van der Waals surface area (Å²) in [6.07, 6.45) is 5.21. The zero-order chi connectivity index (χ0) is 11.6. The minimum absolute atomic E-state index is 0.109. The molecule has 0 bridgehead atoms. The van der Waals surface area contributed by atoms with Crippen molar-refractivity contribution >= 4 is 16.1 Å². The Balaban J connectivity index is 2.25. The molecule has 92 valence electrons. The van der Waals surface area contributed by atoms with Gasteiger partial charge in [-0.25, -0.2) is 8.42 Å². The Morgan fingerprint density at radius 3 is 2.62 bits per heavy atom. The molecule has 1 heterocycles. The highest BCUT2D eigenvalue weighted by Gasteiger charge is 2.40. The quantitative estimate of drug-likeness (QED) is 0.649. The fourth-order valence-electron chi connectivity index (χ4n) is 2.30. The molecule has 0 saturated heterocycles. The molecule has 2 aliphatic rings. The summed E-state index contributed by atoms with van der Waals surface area (Å²) >= 11 is 0. The average Bonchev–Trinajstić information content (AvgIpc) is 2.18. The van der Waals surface area contributed by atoms with E-state index in [2.05, 4.69) is 4.40 Å². The van der Waals surface area contributed by atoms with E-state index in [1.807, 2.05) is 0 Å². The number of rotatable bonds is 0. The maximum absolute atomic E-state index is 11.9. The molecule has 2 rings (SSSR count). The molecule has 0 spiro atoms. The van der Waals surface area contributed by atoms with Gasteiger partial charge in [-0.2, -0.15) is 0 Å². The first kappa shape index (κ1) is 11.7. The van der Waals surface area contributed by atoms with Gasteiger partial charge in [-0.1, -0.05) is 23.7 Å². The first-order valence-corrected chi connectivity index (χ1v) is 7.18. The predicted molar refractivity (Wildman–Crippen MR) is 59.7 cm³/mol. The number of sulfonamides is 1. The van der Waals surface area contributed by atoms with Crippen molar-refractivity contribution in [2.24, 2.45) is 4.40 Å². The molecule has 0 aromatic carbocycles. The van der Waals surface area contributed by atoms with Gasteiger partial charge in [0, 0.05) is 0 Å². The van der Waals surface area contributed by atoms with Crippen LogP contribution in [0.2, 0.25) is 0 Å². The van der Waals surface area contributed by atoms with Crippen molar-refractivity contribution in [3.63, 3.8) is 0 Å². The van der Waals surface area contributed by atoms with Crippen LogP contribution >= 0.6 is 0 Å². The summed E-state index contributed by atoms with van der Waals surface area (Å²) in [4.78, 5) is 0. The van der Waals surface area contributed by atoms with E-state index < -0.39 is 15.3 Å². The number of nitrogens with zero attached hydrogens (tertiary/aromatic N) is 1. The Bertz CT molecular complexity index is 376. The number of methoxy groups -OCH3 is 1. The highest BCUT2D eigenvalue weighted by Crippen LogP contribution is 2.29. The van der Waals surface area contributed by atoms with Crippen LogP contribution in [-0.4, -0.2) is 33.0 Å². The third kappa shape index (κ3) is 2.31. The Morgan fingerprint density at radius 2 is 1.94 bits per heavy atom. The van der Waals surface area contributed by atoms with E-state index in [-0.39, 0.29) is 12.2 Å². The minimum Gasteiger partial charge on any atom is -0.453 e. The summed E-state index contributed by atoms with van der Waals surface area (Å²) in [5.41, 5.74) is 0. The Hall–Kier alpha value is -0.780. The molecule has 1 saturated carbocycles. The molecule has 16 heavy (non-hydrogen) atoms. The third-order valence-corrected chi connectivity index (χ3v) is 4.86. The normalized spacial score (nSPS) is 33.7. The summed E-state index contributed by atoms with van der Waals surface area (Å²) in [6.45, 7) is 0. The van der Waals surface area contributed by atoms with E-state index in [0.29, 0.717) is 6.42 Å². The van der Waals surface area contributed by atoms with Crippen LogP contribution in [0.25, 0.3) is 0 Å². The molecule has 0 aromatic rings. The van der Waals surface area contributed by atoms with Gasteiger partial charge in [-0.15, -0.1) is 0 Å². The highest BCUT2D eigenvalue weighted by atomic mass is 32.2. The molecule has 1 aliphatic carbocycles. The van der Waals surface area contributed by atoms with E-state index in [4.69, 9.17) is 9.47 Å². The van der Waals surface area contributed by atoms with Crippen molar-refractivity contribution in [2.75, 3.05) is 7.11 Å². The van der Waals surface area contributed by atoms with Gasteiger partial charge >= 0.3 is 6.08 Å². The zero-order valence-corrected chi connectivity index (χ0v) is 10.2. The van der Waals surface area contributed by atoms with Crippen LogP contribution in [0, 0.1) is 0 Å². The van der Waals surface area contributed by atoms with Gasteiger partial charge in [0.15, 0.2) is 0 Å². The number of hydrogen-bond donors (Lipinski definition) is 0. The van der Waals surface area contributed by atoms with Crippen LogP contribution in [0.4, 0.5) is 0 Å². The zero-order valence-electron chi connectivity index (χ0n) is 9.39. The van der Waals surface area contributed by atoms with Crippen molar-refractivity contribution in [2.45, 2.75) is 49.9 Å². The highest BCUT2D eigenvalue weighted by molar-refractivity contribution is 7.91. The third-order valence-electron chi connectivity index (χ3n) is 3.15. The minimum atomic E-state index is -3.45. The van der Waals surface area contributed by atoms with Gasteiger partial charge in [-0.3, -0.25) is 0 Å². The fourth-order valence-corrected chi connectivity index (χ4v) is 3.80. The Morgan fingerprint density at radius 1 is 1.25 bits per heavy atom. The van der Waals surface area contributed by atoms with Gasteiger partial charge in [0.2, 0.25) is 0 Å². The van der Waals surface area contributed by atoms with Crippen molar-refractivity contribution in [1.29, 1.82) is 0 Å². The molecule has 2 atom stereocenters. The van der Waals surface area contributed by atoms with Crippen molar-refractivity contribution in [1.82, 2.24) is 0 Å². The lowest BCUT2D eigenvalue weighted by Crippen LogP contribution is -2.42. The first-order valence-electron chi connectivity index (χ1n) is 5.68. The van der Waals surface area contributed by atoms with Gasteiger partial charge < -0.3 is 9.47 Å². The summed E-state index contributed by atoms with van der Waals surface area (Å²) in [5, 5.41) is -0.480. The number of fused-ring (bicyclic) bond motifs is 1. The molecular weight excluding hydrogens is 230 g/mol. The summed E-state index contributed by atoms with van der Waals surface area (Å²) in [6, 6.07) is 0. The summed E-state index contributed by atoms with van der Waals surface area (Å²) in [7, 11) is -2.07. The van der Waals surface area contributed by atoms with Crippen LogP contribution in [0.3, 0.4) is 0 Å². The molecule has 1 fully saturated rings. The van der Waals surface area contributed by atoms with Crippen molar-refractivity contribution in [3.8, 4) is 0 Å². The average molecular weight is 247 g/mol. The summed E-state index contributed by atoms with van der Waals surface area (Å²) < 4.78 is 37.6. The molecule has 0 aromatic heterocycles. The van der Waals surface area contributed by atoms with Crippen LogP contribution in [-0.2, 0) is 19.5 Å². The largest absolute Gasteiger partial charge is 0.453 e. The Labute approximate surface area is 95.9 Å². The predicted octanol–water partition coefficient (Wildman–Crippen LogP) is 1.44. The standard InChI is InChI=1S/C10H17NO4S/c1-14-10-11-16(12,13)9-7-5-3-2-4-6-8(9)15-10/h8-9H,2-7H2,1H3. The lowest BCUT2D eigenvalue weighted by atomic mass is 9.98. The second-order valence-corrected chi connectivity index (χ2v) is 6.08. The smallest absolute Gasteiger partial charge is 0.399 e. The van der Waals surface area contributed by atoms with E-state index in [1.165, 1.54) is 7.11 Å². The maximum Gasteiger partial charge on any atom is 0.399 e. The maximum atomic E-state index is 11.9. The van der Waals surface area contributed by atoms with Gasteiger partial charge in [-0.05, 0) is 19.3 Å². The summed E-state index contributed by atoms with van der Waals surface area (Å²) in [5.74, 6) is 0. The lowest BCUT2D eigenvalue weighted by Gasteiger charge is -2.30. The Kier molecular flexibility index (Phi) is 3.37. The second kappa shape index (κ2) is 4.61. The fraction of sp³-hybridized carbons (Fsp3) is 0.900. The molecule has 0 amide bonds. The number of hydrogen-bond acceptors (Lipinski definition) is 4. The van der Waals surface area contributed by atoms with Crippen LogP contribution in [0.15, 0.2) is 4.40 Å². The lowest BCUT2D eigenvalue weighted by molar-refractivity contribution is 0.101. The SMILES string of the molecule is COC1=NS(=O)(=O)C2CCCCCCC2O1.